The maximum absolute atomic E-state index is 12.3. The number of halogens is 1. The number of hydrogen-bond acceptors (Lipinski definition) is 4. The molecule has 0 unspecified atom stereocenters. The average Bonchev–Trinajstić information content (AvgIpc) is 2.50. The van der Waals surface area contributed by atoms with E-state index in [2.05, 4.69) is 5.32 Å². The standard InChI is InChI=1S/C15H13ClN2O3S/c1-9-3-4-10(7-13(9)16)17-15(19)12-8-11(22-2)5-6-14(12)18(20)21/h3-8H,1-2H3,(H,17,19). The molecule has 0 aromatic heterocycles. The van der Waals surface area contributed by atoms with Gasteiger partial charge in [-0.1, -0.05) is 17.7 Å². The highest BCUT2D eigenvalue weighted by Gasteiger charge is 2.20. The van der Waals surface area contributed by atoms with Gasteiger partial charge in [0.1, 0.15) is 5.56 Å². The van der Waals surface area contributed by atoms with Crippen LogP contribution in [0.15, 0.2) is 41.3 Å². The third-order valence-electron chi connectivity index (χ3n) is 3.07. The van der Waals surface area contributed by atoms with Crippen molar-refractivity contribution in [2.24, 2.45) is 0 Å². The summed E-state index contributed by atoms with van der Waals surface area (Å²) < 4.78 is 0. The van der Waals surface area contributed by atoms with Crippen molar-refractivity contribution < 1.29 is 9.72 Å². The summed E-state index contributed by atoms with van der Waals surface area (Å²) in [6.45, 7) is 1.85. The minimum atomic E-state index is -0.568. The van der Waals surface area contributed by atoms with Crippen molar-refractivity contribution in [2.75, 3.05) is 11.6 Å². The molecule has 2 rings (SSSR count). The van der Waals surface area contributed by atoms with E-state index >= 15 is 0 Å². The zero-order valence-electron chi connectivity index (χ0n) is 11.9. The van der Waals surface area contributed by atoms with Crippen molar-refractivity contribution in [3.63, 3.8) is 0 Å². The largest absolute Gasteiger partial charge is 0.322 e. The summed E-state index contributed by atoms with van der Waals surface area (Å²) in [5.41, 5.74) is 1.17. The third kappa shape index (κ3) is 3.58. The number of carbonyl (C=O) groups excluding carboxylic acids is 1. The summed E-state index contributed by atoms with van der Waals surface area (Å²) in [6.07, 6.45) is 1.84. The molecule has 0 atom stereocenters. The molecule has 0 fully saturated rings. The number of nitrogens with zero attached hydrogens (tertiary/aromatic N) is 1. The summed E-state index contributed by atoms with van der Waals surface area (Å²) in [6, 6.07) is 9.53. The van der Waals surface area contributed by atoms with Gasteiger partial charge in [0.2, 0.25) is 0 Å². The van der Waals surface area contributed by atoms with E-state index in [9.17, 15) is 14.9 Å². The molecule has 0 bridgehead atoms. The summed E-state index contributed by atoms with van der Waals surface area (Å²) in [5, 5.41) is 14.2. The number of benzene rings is 2. The van der Waals surface area contributed by atoms with Crippen LogP contribution in [0.4, 0.5) is 11.4 Å². The molecule has 2 aromatic carbocycles. The van der Waals surface area contributed by atoms with Crippen LogP contribution in [0.5, 0.6) is 0 Å². The first-order valence-electron chi connectivity index (χ1n) is 6.32. The zero-order chi connectivity index (χ0) is 16.3. The van der Waals surface area contributed by atoms with Crippen molar-refractivity contribution in [2.45, 2.75) is 11.8 Å². The Balaban J connectivity index is 2.35. The molecule has 1 amide bonds. The van der Waals surface area contributed by atoms with E-state index in [1.54, 1.807) is 24.3 Å². The molecule has 7 heteroatoms. The van der Waals surface area contributed by atoms with Gasteiger partial charge in [0.25, 0.3) is 11.6 Å². The number of nitro groups is 1. The summed E-state index contributed by atoms with van der Waals surface area (Å²) in [4.78, 5) is 23.6. The quantitative estimate of drug-likeness (QED) is 0.505. The predicted molar refractivity (Wildman–Crippen MR) is 89.0 cm³/mol. The molecule has 0 radical (unpaired) electrons. The van der Waals surface area contributed by atoms with Crippen LogP contribution in [0, 0.1) is 17.0 Å². The lowest BCUT2D eigenvalue weighted by Gasteiger charge is -2.08. The monoisotopic (exact) mass is 336 g/mol. The van der Waals surface area contributed by atoms with Crippen molar-refractivity contribution in [1.29, 1.82) is 0 Å². The average molecular weight is 337 g/mol. The van der Waals surface area contributed by atoms with Gasteiger partial charge in [-0.2, -0.15) is 0 Å². The van der Waals surface area contributed by atoms with Crippen molar-refractivity contribution in [1.82, 2.24) is 0 Å². The van der Waals surface area contributed by atoms with E-state index in [0.717, 1.165) is 10.5 Å². The van der Waals surface area contributed by atoms with Gasteiger partial charge < -0.3 is 5.32 Å². The minimum absolute atomic E-state index is 0.0218. The number of nitrogens with one attached hydrogen (secondary N) is 1. The summed E-state index contributed by atoms with van der Waals surface area (Å²) >= 11 is 7.42. The smallest absolute Gasteiger partial charge is 0.282 e. The Morgan fingerprint density at radius 3 is 2.59 bits per heavy atom. The number of rotatable bonds is 4. The Bertz CT molecular complexity index is 750. The highest BCUT2D eigenvalue weighted by molar-refractivity contribution is 7.98. The summed E-state index contributed by atoms with van der Waals surface area (Å²) in [7, 11) is 0. The second-order valence-corrected chi connectivity index (χ2v) is 5.85. The van der Waals surface area contributed by atoms with Gasteiger partial charge in [-0.3, -0.25) is 14.9 Å². The van der Waals surface area contributed by atoms with Gasteiger partial charge in [-0.25, -0.2) is 0 Å². The molecule has 1 N–H and O–H groups in total. The number of hydrogen-bond donors (Lipinski definition) is 1. The maximum atomic E-state index is 12.3. The van der Waals surface area contributed by atoms with Crippen molar-refractivity contribution >= 4 is 40.6 Å². The van der Waals surface area contributed by atoms with Gasteiger partial charge in [0.15, 0.2) is 0 Å². The van der Waals surface area contributed by atoms with Gasteiger partial charge in [-0.05, 0) is 43.0 Å². The van der Waals surface area contributed by atoms with E-state index in [1.807, 2.05) is 13.2 Å². The topological polar surface area (TPSA) is 72.2 Å². The second kappa shape index (κ2) is 6.81. The zero-order valence-corrected chi connectivity index (χ0v) is 13.5. The van der Waals surface area contributed by atoms with Gasteiger partial charge in [0.05, 0.1) is 4.92 Å². The molecule has 0 heterocycles. The fraction of sp³-hybridized carbons (Fsp3) is 0.133. The number of carbonyl (C=O) groups is 1. The number of nitro benzene ring substituents is 1. The van der Waals surface area contributed by atoms with Crippen LogP contribution in [0.2, 0.25) is 5.02 Å². The fourth-order valence-corrected chi connectivity index (χ4v) is 2.47. The Morgan fingerprint density at radius 2 is 2.00 bits per heavy atom. The number of amides is 1. The van der Waals surface area contributed by atoms with Crippen molar-refractivity contribution in [3.05, 3.63) is 62.7 Å². The van der Waals surface area contributed by atoms with Crippen LogP contribution in [0.1, 0.15) is 15.9 Å². The molecule has 22 heavy (non-hydrogen) atoms. The van der Waals surface area contributed by atoms with E-state index in [1.165, 1.54) is 23.9 Å². The molecule has 0 aliphatic carbocycles. The number of aryl methyl sites for hydroxylation is 1. The van der Waals surface area contributed by atoms with E-state index < -0.39 is 10.8 Å². The summed E-state index contributed by atoms with van der Waals surface area (Å²) in [5.74, 6) is -0.539. The number of anilines is 1. The predicted octanol–water partition coefficient (Wildman–Crippen LogP) is 4.53. The van der Waals surface area contributed by atoms with E-state index in [0.29, 0.717) is 10.7 Å². The molecular formula is C15H13ClN2O3S. The molecule has 114 valence electrons. The second-order valence-electron chi connectivity index (χ2n) is 4.56. The lowest BCUT2D eigenvalue weighted by Crippen LogP contribution is -2.14. The molecule has 0 spiro atoms. The van der Waals surface area contributed by atoms with Crippen LogP contribution in [-0.4, -0.2) is 17.1 Å². The Labute approximate surface area is 136 Å². The van der Waals surface area contributed by atoms with E-state index in [4.69, 9.17) is 11.6 Å². The molecular weight excluding hydrogens is 324 g/mol. The highest BCUT2D eigenvalue weighted by Crippen LogP contribution is 2.26. The SMILES string of the molecule is CSc1ccc([N+](=O)[O-])c(C(=O)Nc2ccc(C)c(Cl)c2)c1. The molecule has 5 nitrogen and oxygen atoms in total. The lowest BCUT2D eigenvalue weighted by molar-refractivity contribution is -0.385. The van der Waals surface area contributed by atoms with Crippen LogP contribution >= 0.6 is 23.4 Å². The first-order chi connectivity index (χ1) is 10.4. The Kier molecular flexibility index (Phi) is 5.05. The first-order valence-corrected chi connectivity index (χ1v) is 7.92. The number of thioether (sulfide) groups is 1. The molecule has 0 saturated heterocycles. The molecule has 0 aliphatic rings. The van der Waals surface area contributed by atoms with Crippen LogP contribution in [-0.2, 0) is 0 Å². The van der Waals surface area contributed by atoms with Crippen molar-refractivity contribution in [3.8, 4) is 0 Å². The maximum Gasteiger partial charge on any atom is 0.282 e. The van der Waals surface area contributed by atoms with Gasteiger partial charge in [0, 0.05) is 21.7 Å². The Morgan fingerprint density at radius 1 is 1.27 bits per heavy atom. The third-order valence-corrected chi connectivity index (χ3v) is 4.21. The highest BCUT2D eigenvalue weighted by atomic mass is 35.5. The van der Waals surface area contributed by atoms with Gasteiger partial charge >= 0.3 is 0 Å². The first kappa shape index (κ1) is 16.3. The Hall–Kier alpha value is -2.05. The van der Waals surface area contributed by atoms with Crippen LogP contribution in [0.25, 0.3) is 0 Å². The molecule has 2 aromatic rings. The van der Waals surface area contributed by atoms with Crippen LogP contribution < -0.4 is 5.32 Å². The molecule has 0 aliphatic heterocycles. The van der Waals surface area contributed by atoms with Gasteiger partial charge in [-0.15, -0.1) is 11.8 Å². The molecule has 0 saturated carbocycles. The minimum Gasteiger partial charge on any atom is -0.322 e. The fourth-order valence-electron chi connectivity index (χ4n) is 1.85. The van der Waals surface area contributed by atoms with Crippen LogP contribution in [0.3, 0.4) is 0 Å². The normalized spacial score (nSPS) is 10.3. The lowest BCUT2D eigenvalue weighted by atomic mass is 10.1. The van der Waals surface area contributed by atoms with E-state index in [-0.39, 0.29) is 11.3 Å².